The van der Waals surface area contributed by atoms with Gasteiger partial charge in [0.2, 0.25) is 5.91 Å². The number of likely N-dealkylation sites (N-methyl/N-ethyl adjacent to an activating group) is 1. The zero-order valence-electron chi connectivity index (χ0n) is 14.6. The number of halogens is 1. The van der Waals surface area contributed by atoms with Crippen molar-refractivity contribution in [2.24, 2.45) is 7.05 Å². The van der Waals surface area contributed by atoms with Crippen LogP contribution in [-0.4, -0.2) is 41.7 Å². The highest BCUT2D eigenvalue weighted by molar-refractivity contribution is 5.94. The lowest BCUT2D eigenvalue weighted by molar-refractivity contribution is -0.123. The smallest absolute Gasteiger partial charge is 0.251 e. The van der Waals surface area contributed by atoms with Crippen LogP contribution in [0.3, 0.4) is 0 Å². The van der Waals surface area contributed by atoms with Crippen LogP contribution in [0.5, 0.6) is 0 Å². The molecule has 25 heavy (non-hydrogen) atoms. The first-order valence-electron chi connectivity index (χ1n) is 7.79. The highest BCUT2D eigenvalue weighted by atomic mass is 35.5. The molecule has 0 bridgehead atoms. The van der Waals surface area contributed by atoms with Gasteiger partial charge in [-0.25, -0.2) is 0 Å². The molecule has 1 atom stereocenters. The van der Waals surface area contributed by atoms with Crippen molar-refractivity contribution >= 4 is 24.2 Å². The van der Waals surface area contributed by atoms with E-state index in [0.717, 1.165) is 11.1 Å². The summed E-state index contributed by atoms with van der Waals surface area (Å²) in [4.78, 5) is 24.2. The monoisotopic (exact) mass is 365 g/mol. The minimum atomic E-state index is -0.467. The largest absolute Gasteiger partial charge is 0.353 e. The Balaban J connectivity index is 0.00000312. The van der Waals surface area contributed by atoms with Gasteiger partial charge in [0.05, 0.1) is 6.20 Å². The molecule has 1 aromatic carbocycles. The number of hydrogen-bond acceptors (Lipinski definition) is 4. The highest BCUT2D eigenvalue weighted by Crippen LogP contribution is 2.10. The molecule has 0 saturated heterocycles. The van der Waals surface area contributed by atoms with Crippen LogP contribution in [0.25, 0.3) is 0 Å². The summed E-state index contributed by atoms with van der Waals surface area (Å²) in [6.45, 7) is 2.66. The number of hydrogen-bond donors (Lipinski definition) is 3. The Morgan fingerprint density at radius 3 is 2.56 bits per heavy atom. The Hall–Kier alpha value is -2.38. The van der Waals surface area contributed by atoms with Crippen molar-refractivity contribution in [1.29, 1.82) is 0 Å². The van der Waals surface area contributed by atoms with Crippen LogP contribution in [0.2, 0.25) is 0 Å². The van der Waals surface area contributed by atoms with Crippen molar-refractivity contribution in [2.75, 3.05) is 20.1 Å². The zero-order valence-corrected chi connectivity index (χ0v) is 15.4. The molecule has 0 radical (unpaired) electrons. The van der Waals surface area contributed by atoms with E-state index in [-0.39, 0.29) is 24.2 Å². The van der Waals surface area contributed by atoms with Gasteiger partial charge in [-0.1, -0.05) is 17.7 Å². The van der Waals surface area contributed by atoms with Gasteiger partial charge < -0.3 is 16.0 Å². The summed E-state index contributed by atoms with van der Waals surface area (Å²) in [5.41, 5.74) is 2.44. The first-order chi connectivity index (χ1) is 11.5. The van der Waals surface area contributed by atoms with Gasteiger partial charge in [0, 0.05) is 37.5 Å². The average Bonchev–Trinajstić information content (AvgIpc) is 2.98. The van der Waals surface area contributed by atoms with E-state index >= 15 is 0 Å². The third-order valence-corrected chi connectivity index (χ3v) is 3.60. The third-order valence-electron chi connectivity index (χ3n) is 3.60. The van der Waals surface area contributed by atoms with Gasteiger partial charge in [0.25, 0.3) is 5.91 Å². The number of rotatable bonds is 7. The average molecular weight is 366 g/mol. The Kier molecular flexibility index (Phi) is 8.10. The summed E-state index contributed by atoms with van der Waals surface area (Å²) in [6.07, 6.45) is 3.44. The Morgan fingerprint density at radius 1 is 1.24 bits per heavy atom. The molecule has 7 nitrogen and oxygen atoms in total. The van der Waals surface area contributed by atoms with E-state index in [1.54, 1.807) is 37.2 Å². The first kappa shape index (κ1) is 20.7. The molecule has 136 valence electrons. The molecule has 0 aliphatic rings. The van der Waals surface area contributed by atoms with Crippen LogP contribution in [0, 0.1) is 6.92 Å². The quantitative estimate of drug-likeness (QED) is 0.638. The number of aromatic nitrogens is 2. The molecule has 2 rings (SSSR count). The Bertz CT molecular complexity index is 717. The van der Waals surface area contributed by atoms with Crippen LogP contribution >= 0.6 is 12.4 Å². The minimum absolute atomic E-state index is 0. The highest BCUT2D eigenvalue weighted by Gasteiger charge is 2.19. The van der Waals surface area contributed by atoms with Crippen molar-refractivity contribution in [2.45, 2.75) is 13.0 Å². The van der Waals surface area contributed by atoms with E-state index in [2.05, 4.69) is 21.0 Å². The zero-order chi connectivity index (χ0) is 17.5. The third kappa shape index (κ3) is 5.88. The molecule has 1 aromatic heterocycles. The maximum absolute atomic E-state index is 12.2. The Morgan fingerprint density at radius 2 is 1.96 bits per heavy atom. The van der Waals surface area contributed by atoms with Gasteiger partial charge in [-0.15, -0.1) is 12.4 Å². The molecule has 1 heterocycles. The predicted molar refractivity (Wildman–Crippen MR) is 98.8 cm³/mol. The molecule has 8 heteroatoms. The van der Waals surface area contributed by atoms with E-state index in [1.807, 2.05) is 25.1 Å². The SMILES string of the molecule is CNC(C(=O)NCCNC(=O)c1cccc(C)c1)c1cnn(C)c1.Cl. The molecule has 2 aromatic rings. The normalized spacial score (nSPS) is 11.3. The summed E-state index contributed by atoms with van der Waals surface area (Å²) < 4.78 is 1.65. The number of benzene rings is 1. The number of amides is 2. The van der Waals surface area contributed by atoms with Crippen LogP contribution in [0.4, 0.5) is 0 Å². The standard InChI is InChI=1S/C17H23N5O2.ClH/c1-12-5-4-6-13(9-12)16(23)19-7-8-20-17(24)15(18-2)14-10-21-22(3)11-14;/h4-6,9-11,15,18H,7-8H2,1-3H3,(H,19,23)(H,20,24);1H. The van der Waals surface area contributed by atoms with Gasteiger partial charge in [-0.2, -0.15) is 5.10 Å². The number of carbonyl (C=O) groups is 2. The van der Waals surface area contributed by atoms with Crippen molar-refractivity contribution in [3.8, 4) is 0 Å². The summed E-state index contributed by atoms with van der Waals surface area (Å²) in [6, 6.07) is 6.91. The molecule has 0 aliphatic carbocycles. The summed E-state index contributed by atoms with van der Waals surface area (Å²) >= 11 is 0. The fraction of sp³-hybridized carbons (Fsp3) is 0.353. The topological polar surface area (TPSA) is 88.1 Å². The molecule has 3 N–H and O–H groups in total. The van der Waals surface area contributed by atoms with Crippen LogP contribution in [0.1, 0.15) is 27.5 Å². The lowest BCUT2D eigenvalue weighted by atomic mass is 10.1. The second-order valence-corrected chi connectivity index (χ2v) is 5.59. The predicted octanol–water partition coefficient (Wildman–Crippen LogP) is 0.957. The van der Waals surface area contributed by atoms with E-state index < -0.39 is 6.04 Å². The lowest BCUT2D eigenvalue weighted by Crippen LogP contribution is -2.40. The summed E-state index contributed by atoms with van der Waals surface area (Å²) in [7, 11) is 3.52. The molecule has 2 amide bonds. The minimum Gasteiger partial charge on any atom is -0.353 e. The maximum Gasteiger partial charge on any atom is 0.251 e. The van der Waals surface area contributed by atoms with E-state index in [1.165, 1.54) is 0 Å². The molecule has 0 fully saturated rings. The van der Waals surface area contributed by atoms with Crippen LogP contribution in [-0.2, 0) is 11.8 Å². The van der Waals surface area contributed by atoms with Gasteiger partial charge in [0.1, 0.15) is 6.04 Å². The molecule has 0 aliphatic heterocycles. The van der Waals surface area contributed by atoms with Crippen molar-refractivity contribution in [3.63, 3.8) is 0 Å². The second-order valence-electron chi connectivity index (χ2n) is 5.59. The summed E-state index contributed by atoms with van der Waals surface area (Å²) in [5.74, 6) is -0.305. The number of nitrogens with one attached hydrogen (secondary N) is 3. The second kappa shape index (κ2) is 9.80. The van der Waals surface area contributed by atoms with Crippen LogP contribution < -0.4 is 16.0 Å². The van der Waals surface area contributed by atoms with Gasteiger partial charge >= 0.3 is 0 Å². The Labute approximate surface area is 153 Å². The molecule has 1 unspecified atom stereocenters. The van der Waals surface area contributed by atoms with Crippen LogP contribution in [0.15, 0.2) is 36.7 Å². The van der Waals surface area contributed by atoms with Gasteiger partial charge in [-0.3, -0.25) is 14.3 Å². The lowest BCUT2D eigenvalue weighted by Gasteiger charge is -2.14. The van der Waals surface area contributed by atoms with E-state index in [0.29, 0.717) is 18.7 Å². The fourth-order valence-corrected chi connectivity index (χ4v) is 2.39. The summed E-state index contributed by atoms with van der Waals surface area (Å²) in [5, 5.41) is 12.6. The maximum atomic E-state index is 12.2. The van der Waals surface area contributed by atoms with Crippen molar-refractivity contribution in [1.82, 2.24) is 25.7 Å². The number of aryl methyl sites for hydroxylation is 2. The fourth-order valence-electron chi connectivity index (χ4n) is 2.39. The van der Waals surface area contributed by atoms with Gasteiger partial charge in [-0.05, 0) is 26.1 Å². The van der Waals surface area contributed by atoms with E-state index in [4.69, 9.17) is 0 Å². The molecular formula is C17H24ClN5O2. The number of nitrogens with zero attached hydrogens (tertiary/aromatic N) is 2. The first-order valence-corrected chi connectivity index (χ1v) is 7.79. The number of carbonyl (C=O) groups excluding carboxylic acids is 2. The molecule has 0 spiro atoms. The molecule has 0 saturated carbocycles. The van der Waals surface area contributed by atoms with E-state index in [9.17, 15) is 9.59 Å². The van der Waals surface area contributed by atoms with Crippen molar-refractivity contribution in [3.05, 3.63) is 53.3 Å². The van der Waals surface area contributed by atoms with Crippen molar-refractivity contribution < 1.29 is 9.59 Å². The molecular weight excluding hydrogens is 342 g/mol. The van der Waals surface area contributed by atoms with Gasteiger partial charge in [0.15, 0.2) is 0 Å².